The minimum atomic E-state index is -1.67. The second kappa shape index (κ2) is 7.14. The number of nitro benzene ring substituents is 1. The van der Waals surface area contributed by atoms with Crippen LogP contribution in [-0.4, -0.2) is 9.48 Å². The van der Waals surface area contributed by atoms with Crippen molar-refractivity contribution in [2.24, 2.45) is 0 Å². The monoisotopic (exact) mass is 275 g/mol. The lowest BCUT2D eigenvalue weighted by Crippen LogP contribution is -1.87. The third kappa shape index (κ3) is 6.28. The standard InChI is InChI=1S/C6H4ClNO2.Cl2OS/c7-5-3-1-2-4-6(5)8(9)10;1-4(2)3/h1-4H;. The van der Waals surface area contributed by atoms with Crippen molar-refractivity contribution in [2.75, 3.05) is 0 Å². The zero-order chi connectivity index (χ0) is 11.1. The van der Waals surface area contributed by atoms with E-state index in [1.165, 1.54) is 12.1 Å². The minimum Gasteiger partial charge on any atom is -0.582 e. The summed E-state index contributed by atoms with van der Waals surface area (Å²) >= 11 is 5.48. The first kappa shape index (κ1) is 13.8. The van der Waals surface area contributed by atoms with Crippen LogP contribution in [0.2, 0.25) is 5.02 Å². The third-order valence-electron chi connectivity index (χ3n) is 1.05. The van der Waals surface area contributed by atoms with Crippen LogP contribution in [0.15, 0.2) is 24.3 Å². The fourth-order valence-corrected chi connectivity index (χ4v) is 0.805. The van der Waals surface area contributed by atoms with Crippen LogP contribution < -0.4 is 0 Å². The molecular weight excluding hydrogens is 272 g/mol. The third-order valence-corrected chi connectivity index (χ3v) is 1.37. The van der Waals surface area contributed by atoms with Gasteiger partial charge in [-0.3, -0.25) is 10.1 Å². The van der Waals surface area contributed by atoms with E-state index >= 15 is 0 Å². The van der Waals surface area contributed by atoms with Gasteiger partial charge in [-0.2, -0.15) is 0 Å². The highest BCUT2D eigenvalue weighted by molar-refractivity contribution is 8.31. The van der Waals surface area contributed by atoms with Crippen molar-refractivity contribution in [3.8, 4) is 0 Å². The Labute approximate surface area is 97.1 Å². The highest BCUT2D eigenvalue weighted by atomic mass is 36.0. The van der Waals surface area contributed by atoms with E-state index in [4.69, 9.17) is 16.2 Å². The molecule has 0 unspecified atom stereocenters. The quantitative estimate of drug-likeness (QED) is 0.449. The Morgan fingerprint density at radius 2 is 1.71 bits per heavy atom. The van der Waals surface area contributed by atoms with Crippen molar-refractivity contribution in [3.05, 3.63) is 39.4 Å². The number of halogens is 3. The molecule has 1 aromatic carbocycles. The van der Waals surface area contributed by atoms with Gasteiger partial charge in [0.2, 0.25) is 0 Å². The van der Waals surface area contributed by atoms with Crippen molar-refractivity contribution in [1.82, 2.24) is 0 Å². The predicted octanol–water partition coefficient (Wildman–Crippen LogP) is 3.29. The maximum absolute atomic E-state index is 10.1. The first-order valence-corrected chi connectivity index (χ1v) is 6.26. The van der Waals surface area contributed by atoms with Crippen LogP contribution in [0.25, 0.3) is 0 Å². The van der Waals surface area contributed by atoms with Crippen molar-refractivity contribution in [3.63, 3.8) is 0 Å². The molecule has 0 amide bonds. The highest BCUT2D eigenvalue weighted by Crippen LogP contribution is 2.21. The van der Waals surface area contributed by atoms with E-state index in [9.17, 15) is 10.1 Å². The van der Waals surface area contributed by atoms with Crippen molar-refractivity contribution in [2.45, 2.75) is 0 Å². The van der Waals surface area contributed by atoms with E-state index in [-0.39, 0.29) is 10.7 Å². The molecule has 0 bridgehead atoms. The molecule has 0 saturated heterocycles. The van der Waals surface area contributed by atoms with Crippen LogP contribution in [0.4, 0.5) is 5.69 Å². The lowest BCUT2D eigenvalue weighted by molar-refractivity contribution is -0.384. The van der Waals surface area contributed by atoms with Gasteiger partial charge in [0.05, 0.1) is 4.92 Å². The second-order valence-corrected chi connectivity index (χ2v) is 4.82. The number of nitro groups is 1. The lowest BCUT2D eigenvalue weighted by atomic mass is 10.3. The summed E-state index contributed by atoms with van der Waals surface area (Å²) in [7, 11) is 7.36. The van der Waals surface area contributed by atoms with Gasteiger partial charge in [0.1, 0.15) is 5.02 Å². The SMILES string of the molecule is O=[N+]([O-])c1ccccc1Cl.[O-][S+](Cl)Cl. The number of para-hydroxylation sites is 1. The molecule has 0 radical (unpaired) electrons. The van der Waals surface area contributed by atoms with Crippen LogP contribution in [0.5, 0.6) is 0 Å². The maximum Gasteiger partial charge on any atom is 0.287 e. The Morgan fingerprint density at radius 3 is 2.00 bits per heavy atom. The van der Waals surface area contributed by atoms with Gasteiger partial charge in [-0.15, -0.1) is 0 Å². The molecule has 14 heavy (non-hydrogen) atoms. The zero-order valence-corrected chi connectivity index (χ0v) is 9.61. The van der Waals surface area contributed by atoms with Crippen molar-refractivity contribution < 1.29 is 9.48 Å². The van der Waals surface area contributed by atoms with E-state index in [0.717, 1.165) is 0 Å². The topological polar surface area (TPSA) is 66.2 Å². The molecule has 1 aromatic rings. The highest BCUT2D eigenvalue weighted by Gasteiger charge is 2.08. The molecule has 0 aliphatic carbocycles. The van der Waals surface area contributed by atoms with E-state index < -0.39 is 14.5 Å². The maximum atomic E-state index is 10.1. The molecule has 0 spiro atoms. The van der Waals surface area contributed by atoms with Gasteiger partial charge in [0.15, 0.2) is 31.0 Å². The summed E-state index contributed by atoms with van der Waals surface area (Å²) in [5, 5.41) is 10.3. The van der Waals surface area contributed by atoms with Gasteiger partial charge in [0.25, 0.3) is 5.69 Å². The fourth-order valence-electron chi connectivity index (χ4n) is 0.600. The Morgan fingerprint density at radius 1 is 1.29 bits per heavy atom. The summed E-state index contributed by atoms with van der Waals surface area (Å²) < 4.78 is 9.09. The Balaban J connectivity index is 0.000000364. The first-order chi connectivity index (χ1) is 6.45. The predicted molar refractivity (Wildman–Crippen MR) is 58.0 cm³/mol. The van der Waals surface area contributed by atoms with E-state index in [2.05, 4.69) is 21.4 Å². The molecule has 0 N–H and O–H groups in total. The van der Waals surface area contributed by atoms with Crippen molar-refractivity contribution >= 4 is 48.3 Å². The van der Waals surface area contributed by atoms with Gasteiger partial charge >= 0.3 is 0 Å². The summed E-state index contributed by atoms with van der Waals surface area (Å²) in [4.78, 5) is 9.63. The molecule has 4 nitrogen and oxygen atoms in total. The molecule has 0 saturated carbocycles. The summed E-state index contributed by atoms with van der Waals surface area (Å²) in [5.74, 6) is 0. The molecule has 0 aromatic heterocycles. The van der Waals surface area contributed by atoms with E-state index in [1.807, 2.05) is 0 Å². The van der Waals surface area contributed by atoms with Gasteiger partial charge in [-0.05, 0) is 6.07 Å². The molecule has 78 valence electrons. The largest absolute Gasteiger partial charge is 0.582 e. The van der Waals surface area contributed by atoms with Gasteiger partial charge in [-0.1, -0.05) is 23.7 Å². The van der Waals surface area contributed by atoms with Crippen molar-refractivity contribution in [1.29, 1.82) is 0 Å². The Hall–Kier alpha value is -0.200. The Kier molecular flexibility index (Phi) is 7.04. The minimum absolute atomic E-state index is 0.0517. The normalized spacial score (nSPS) is 9.21. The molecule has 0 heterocycles. The number of hydrogen-bond acceptors (Lipinski definition) is 3. The summed E-state index contributed by atoms with van der Waals surface area (Å²) in [6, 6.07) is 6.07. The van der Waals surface area contributed by atoms with E-state index in [1.54, 1.807) is 12.1 Å². The van der Waals surface area contributed by atoms with Gasteiger partial charge in [0, 0.05) is 6.07 Å². The van der Waals surface area contributed by atoms with Crippen LogP contribution in [0, 0.1) is 10.1 Å². The summed E-state index contributed by atoms with van der Waals surface area (Å²) in [6.07, 6.45) is 0. The summed E-state index contributed by atoms with van der Waals surface area (Å²) in [5.41, 5.74) is -0.0517. The molecule has 1 rings (SSSR count). The smallest absolute Gasteiger partial charge is 0.287 e. The average Bonchev–Trinajstić information content (AvgIpc) is 2.03. The molecule has 0 aliphatic rings. The zero-order valence-electron chi connectivity index (χ0n) is 6.52. The lowest BCUT2D eigenvalue weighted by Gasteiger charge is -1.90. The van der Waals surface area contributed by atoms with Crippen LogP contribution in [0.1, 0.15) is 0 Å². The second-order valence-electron chi connectivity index (χ2n) is 1.89. The Bertz CT molecular complexity index is 307. The molecule has 0 aliphatic heterocycles. The van der Waals surface area contributed by atoms with Gasteiger partial charge in [-0.25, -0.2) is 0 Å². The summed E-state index contributed by atoms with van der Waals surface area (Å²) in [6.45, 7) is 0. The van der Waals surface area contributed by atoms with E-state index in [0.29, 0.717) is 0 Å². The fraction of sp³-hybridized carbons (Fsp3) is 0. The van der Waals surface area contributed by atoms with Crippen LogP contribution in [0.3, 0.4) is 0 Å². The molecule has 0 fully saturated rings. The number of benzene rings is 1. The molecule has 8 heteroatoms. The van der Waals surface area contributed by atoms with Crippen LogP contribution in [-0.2, 0) is 9.60 Å². The molecule has 0 atom stereocenters. The first-order valence-electron chi connectivity index (χ1n) is 3.08. The average molecular weight is 277 g/mol. The van der Waals surface area contributed by atoms with Gasteiger partial charge < -0.3 is 4.55 Å². The van der Waals surface area contributed by atoms with Crippen LogP contribution >= 0.6 is 33.0 Å². The number of nitrogens with zero attached hydrogens (tertiary/aromatic N) is 1. The molecular formula is C6H4Cl3NO3S. The number of hydrogen-bond donors (Lipinski definition) is 0. The number of rotatable bonds is 1.